The molecule has 0 radical (unpaired) electrons. The van der Waals surface area contributed by atoms with Gasteiger partial charge in [-0.3, -0.25) is 4.79 Å². The van der Waals surface area contributed by atoms with Crippen LogP contribution in [0.3, 0.4) is 0 Å². The summed E-state index contributed by atoms with van der Waals surface area (Å²) in [6, 6.07) is 4.99. The fourth-order valence-electron chi connectivity index (χ4n) is 2.30. The van der Waals surface area contributed by atoms with Crippen LogP contribution in [0.15, 0.2) is 18.2 Å². The number of carbonyl (C=O) groups excluding carboxylic acids is 2. The largest absolute Gasteiger partial charge is 0.381 e. The number of ether oxygens (including phenoxy) is 1. The highest BCUT2D eigenvalue weighted by atomic mass is 16.5. The molecule has 1 aliphatic rings. The molecule has 1 unspecified atom stereocenters. The van der Waals surface area contributed by atoms with Gasteiger partial charge in [-0.15, -0.1) is 0 Å². The Morgan fingerprint density at radius 3 is 2.86 bits per heavy atom. The first-order valence-electron chi connectivity index (χ1n) is 7.06. The van der Waals surface area contributed by atoms with Gasteiger partial charge in [0.25, 0.3) is 5.91 Å². The minimum Gasteiger partial charge on any atom is -0.381 e. The Kier molecular flexibility index (Phi) is 5.16. The molecule has 1 fully saturated rings. The summed E-state index contributed by atoms with van der Waals surface area (Å²) in [5.74, 6) is 0.216. The lowest BCUT2D eigenvalue weighted by molar-refractivity contribution is 0.0962. The Morgan fingerprint density at radius 1 is 1.38 bits per heavy atom. The lowest BCUT2D eigenvalue weighted by Gasteiger charge is -2.14. The van der Waals surface area contributed by atoms with Crippen LogP contribution in [-0.2, 0) is 4.74 Å². The summed E-state index contributed by atoms with van der Waals surface area (Å²) in [7, 11) is 1.58. The highest BCUT2D eigenvalue weighted by molar-refractivity contribution is 5.98. The van der Waals surface area contributed by atoms with Gasteiger partial charge in [-0.05, 0) is 31.0 Å². The van der Waals surface area contributed by atoms with Gasteiger partial charge in [0.2, 0.25) is 0 Å². The summed E-state index contributed by atoms with van der Waals surface area (Å²) in [5.41, 5.74) is 1.94. The van der Waals surface area contributed by atoms with Gasteiger partial charge < -0.3 is 20.7 Å². The van der Waals surface area contributed by atoms with E-state index in [1.54, 1.807) is 25.2 Å². The van der Waals surface area contributed by atoms with Gasteiger partial charge in [-0.1, -0.05) is 6.07 Å². The Labute approximate surface area is 124 Å². The predicted octanol–water partition coefficient (Wildman–Crippen LogP) is 1.51. The molecule has 1 atom stereocenters. The van der Waals surface area contributed by atoms with Crippen LogP contribution in [0.1, 0.15) is 22.3 Å². The molecule has 1 aliphatic heterocycles. The lowest BCUT2D eigenvalue weighted by atomic mass is 10.1. The van der Waals surface area contributed by atoms with Crippen LogP contribution >= 0.6 is 0 Å². The van der Waals surface area contributed by atoms with E-state index in [-0.39, 0.29) is 11.9 Å². The summed E-state index contributed by atoms with van der Waals surface area (Å²) < 4.78 is 5.27. The van der Waals surface area contributed by atoms with Crippen LogP contribution in [0, 0.1) is 12.8 Å². The van der Waals surface area contributed by atoms with Crippen molar-refractivity contribution >= 4 is 17.6 Å². The van der Waals surface area contributed by atoms with Crippen molar-refractivity contribution in [2.45, 2.75) is 13.3 Å². The molecule has 0 bridgehead atoms. The maximum absolute atomic E-state index is 11.9. The lowest BCUT2D eigenvalue weighted by Crippen LogP contribution is -2.33. The first-order valence-corrected chi connectivity index (χ1v) is 7.06. The van der Waals surface area contributed by atoms with E-state index in [0.717, 1.165) is 18.6 Å². The SMILES string of the molecule is CNC(=O)c1cccc(NC(=O)NCC2CCOC2)c1C. The summed E-state index contributed by atoms with van der Waals surface area (Å²) >= 11 is 0. The second-order valence-electron chi connectivity index (χ2n) is 5.12. The number of hydrogen-bond acceptors (Lipinski definition) is 3. The standard InChI is InChI=1S/C15H21N3O3/c1-10-12(14(19)16-2)4-3-5-13(10)18-15(20)17-8-11-6-7-21-9-11/h3-5,11H,6-9H2,1-2H3,(H,16,19)(H2,17,18,20). The van der Waals surface area contributed by atoms with Gasteiger partial charge in [0.05, 0.1) is 6.61 Å². The summed E-state index contributed by atoms with van der Waals surface area (Å²) in [6.45, 7) is 3.87. The number of benzene rings is 1. The molecule has 3 amide bonds. The van der Waals surface area contributed by atoms with E-state index in [4.69, 9.17) is 4.74 Å². The fraction of sp³-hybridized carbons (Fsp3) is 0.467. The van der Waals surface area contributed by atoms with Gasteiger partial charge in [-0.25, -0.2) is 4.79 Å². The number of amides is 3. The molecule has 114 valence electrons. The topological polar surface area (TPSA) is 79.5 Å². The van der Waals surface area contributed by atoms with E-state index in [1.165, 1.54) is 0 Å². The smallest absolute Gasteiger partial charge is 0.319 e. The van der Waals surface area contributed by atoms with Crippen LogP contribution in [0.5, 0.6) is 0 Å². The van der Waals surface area contributed by atoms with Gasteiger partial charge >= 0.3 is 6.03 Å². The van der Waals surface area contributed by atoms with Crippen molar-refractivity contribution in [3.63, 3.8) is 0 Å². The fourth-order valence-corrected chi connectivity index (χ4v) is 2.30. The zero-order chi connectivity index (χ0) is 15.2. The highest BCUT2D eigenvalue weighted by Crippen LogP contribution is 2.19. The molecular formula is C15H21N3O3. The van der Waals surface area contributed by atoms with E-state index in [2.05, 4.69) is 16.0 Å². The molecule has 3 N–H and O–H groups in total. The van der Waals surface area contributed by atoms with Crippen LogP contribution in [0.25, 0.3) is 0 Å². The van der Waals surface area contributed by atoms with Gasteiger partial charge in [0.15, 0.2) is 0 Å². The second-order valence-corrected chi connectivity index (χ2v) is 5.12. The molecule has 0 aromatic heterocycles. The van der Waals surface area contributed by atoms with Crippen molar-refractivity contribution in [3.05, 3.63) is 29.3 Å². The zero-order valence-electron chi connectivity index (χ0n) is 12.4. The molecule has 0 aliphatic carbocycles. The minimum atomic E-state index is -0.265. The van der Waals surface area contributed by atoms with Crippen molar-refractivity contribution in [3.8, 4) is 0 Å². The first kappa shape index (κ1) is 15.3. The normalized spacial score (nSPS) is 17.3. The molecule has 0 saturated carbocycles. The molecular weight excluding hydrogens is 270 g/mol. The quantitative estimate of drug-likeness (QED) is 0.787. The van der Waals surface area contributed by atoms with E-state index in [9.17, 15) is 9.59 Å². The number of urea groups is 1. The van der Waals surface area contributed by atoms with Crippen LogP contribution in [-0.4, -0.2) is 38.7 Å². The molecule has 6 heteroatoms. The van der Waals surface area contributed by atoms with Crippen LogP contribution in [0.4, 0.5) is 10.5 Å². The average Bonchev–Trinajstić information content (AvgIpc) is 3.00. The van der Waals surface area contributed by atoms with Crippen molar-refractivity contribution in [2.24, 2.45) is 5.92 Å². The Bertz CT molecular complexity index is 525. The summed E-state index contributed by atoms with van der Waals surface area (Å²) in [5, 5.41) is 8.20. The predicted molar refractivity (Wildman–Crippen MR) is 80.5 cm³/mol. The highest BCUT2D eigenvalue weighted by Gasteiger charge is 2.17. The van der Waals surface area contributed by atoms with Crippen molar-refractivity contribution in [2.75, 3.05) is 32.1 Å². The Morgan fingerprint density at radius 2 is 2.19 bits per heavy atom. The van der Waals surface area contributed by atoms with Crippen LogP contribution in [0.2, 0.25) is 0 Å². The van der Waals surface area contributed by atoms with E-state index < -0.39 is 0 Å². The third-order valence-corrected chi connectivity index (χ3v) is 3.63. The number of nitrogens with one attached hydrogen (secondary N) is 3. The van der Waals surface area contributed by atoms with Crippen LogP contribution < -0.4 is 16.0 Å². The Balaban J connectivity index is 1.95. The molecule has 1 heterocycles. The van der Waals surface area contributed by atoms with E-state index in [0.29, 0.717) is 30.3 Å². The van der Waals surface area contributed by atoms with Crippen molar-refractivity contribution in [1.82, 2.24) is 10.6 Å². The number of anilines is 1. The monoisotopic (exact) mass is 291 g/mol. The molecule has 2 rings (SSSR count). The van der Waals surface area contributed by atoms with E-state index in [1.807, 2.05) is 6.92 Å². The molecule has 1 saturated heterocycles. The molecule has 0 spiro atoms. The molecule has 1 aromatic rings. The van der Waals surface area contributed by atoms with Gasteiger partial charge in [-0.2, -0.15) is 0 Å². The number of carbonyl (C=O) groups is 2. The Hall–Kier alpha value is -2.08. The van der Waals surface area contributed by atoms with Crippen molar-refractivity contribution < 1.29 is 14.3 Å². The van der Waals surface area contributed by atoms with Gasteiger partial charge in [0.1, 0.15) is 0 Å². The summed E-state index contributed by atoms with van der Waals surface area (Å²) in [6.07, 6.45) is 0.978. The molecule has 21 heavy (non-hydrogen) atoms. The van der Waals surface area contributed by atoms with Crippen molar-refractivity contribution in [1.29, 1.82) is 0 Å². The third kappa shape index (κ3) is 3.95. The first-order chi connectivity index (χ1) is 10.1. The third-order valence-electron chi connectivity index (χ3n) is 3.63. The van der Waals surface area contributed by atoms with E-state index >= 15 is 0 Å². The number of rotatable bonds is 4. The maximum Gasteiger partial charge on any atom is 0.319 e. The molecule has 1 aromatic carbocycles. The van der Waals surface area contributed by atoms with Gasteiger partial charge in [0, 0.05) is 37.4 Å². The summed E-state index contributed by atoms with van der Waals surface area (Å²) in [4.78, 5) is 23.6. The molecule has 6 nitrogen and oxygen atoms in total. The zero-order valence-corrected chi connectivity index (χ0v) is 12.4. The minimum absolute atomic E-state index is 0.167. The average molecular weight is 291 g/mol. The second kappa shape index (κ2) is 7.08. The number of hydrogen-bond donors (Lipinski definition) is 3. The maximum atomic E-state index is 11.9.